The molecule has 0 aliphatic carbocycles. The van der Waals surface area contributed by atoms with Gasteiger partial charge in [0.25, 0.3) is 5.91 Å². The van der Waals surface area contributed by atoms with Crippen LogP contribution in [0, 0.1) is 5.92 Å². The highest BCUT2D eigenvalue weighted by Gasteiger charge is 2.19. The standard InChI is InChI=1S/C13H18N2O3/c1-9(13(17)18-3)8-15(2)12(16)10-5-4-6-11(14)7-10/h4-7,9H,8,14H2,1-3H3. The largest absolute Gasteiger partial charge is 0.469 e. The van der Waals surface area contributed by atoms with Crippen molar-refractivity contribution >= 4 is 17.6 Å². The van der Waals surface area contributed by atoms with Gasteiger partial charge in [-0.05, 0) is 18.2 Å². The number of benzene rings is 1. The van der Waals surface area contributed by atoms with Gasteiger partial charge in [-0.15, -0.1) is 0 Å². The maximum Gasteiger partial charge on any atom is 0.310 e. The number of anilines is 1. The molecule has 0 fully saturated rings. The Hall–Kier alpha value is -2.04. The van der Waals surface area contributed by atoms with Crippen molar-refractivity contribution in [3.63, 3.8) is 0 Å². The molecule has 1 atom stereocenters. The number of esters is 1. The zero-order chi connectivity index (χ0) is 13.7. The van der Waals surface area contributed by atoms with Crippen LogP contribution in [-0.4, -0.2) is 37.5 Å². The normalized spacial score (nSPS) is 11.7. The molecule has 0 spiro atoms. The van der Waals surface area contributed by atoms with E-state index in [-0.39, 0.29) is 17.8 Å². The molecule has 0 bridgehead atoms. The second kappa shape index (κ2) is 6.05. The smallest absolute Gasteiger partial charge is 0.310 e. The lowest BCUT2D eigenvalue weighted by Crippen LogP contribution is -2.34. The number of amides is 1. The fourth-order valence-electron chi connectivity index (χ4n) is 1.66. The van der Waals surface area contributed by atoms with E-state index in [2.05, 4.69) is 4.74 Å². The summed E-state index contributed by atoms with van der Waals surface area (Å²) in [5, 5.41) is 0. The van der Waals surface area contributed by atoms with Gasteiger partial charge in [-0.3, -0.25) is 9.59 Å². The molecule has 1 rings (SSSR count). The van der Waals surface area contributed by atoms with E-state index in [1.807, 2.05) is 0 Å². The maximum absolute atomic E-state index is 12.1. The molecule has 1 unspecified atom stereocenters. The Morgan fingerprint density at radius 2 is 2.11 bits per heavy atom. The van der Waals surface area contributed by atoms with Crippen LogP contribution >= 0.6 is 0 Å². The average molecular weight is 250 g/mol. The number of rotatable bonds is 4. The fraction of sp³-hybridized carbons (Fsp3) is 0.385. The van der Waals surface area contributed by atoms with Gasteiger partial charge in [-0.2, -0.15) is 0 Å². The lowest BCUT2D eigenvalue weighted by atomic mass is 10.1. The summed E-state index contributed by atoms with van der Waals surface area (Å²) in [4.78, 5) is 24.8. The van der Waals surface area contributed by atoms with Gasteiger partial charge in [0, 0.05) is 24.8 Å². The summed E-state index contributed by atoms with van der Waals surface area (Å²) in [7, 11) is 2.98. The molecule has 1 aromatic rings. The van der Waals surface area contributed by atoms with Gasteiger partial charge >= 0.3 is 5.97 Å². The number of nitrogen functional groups attached to an aromatic ring is 1. The summed E-state index contributed by atoms with van der Waals surface area (Å²) in [6, 6.07) is 6.74. The maximum atomic E-state index is 12.1. The minimum Gasteiger partial charge on any atom is -0.469 e. The molecule has 0 saturated heterocycles. The third-order valence-electron chi connectivity index (χ3n) is 2.63. The van der Waals surface area contributed by atoms with E-state index >= 15 is 0 Å². The molecule has 5 heteroatoms. The SMILES string of the molecule is COC(=O)C(C)CN(C)C(=O)c1cccc(N)c1. The third kappa shape index (κ3) is 3.48. The average Bonchev–Trinajstić information content (AvgIpc) is 2.36. The van der Waals surface area contributed by atoms with E-state index in [1.54, 1.807) is 38.2 Å². The number of carbonyl (C=O) groups is 2. The van der Waals surface area contributed by atoms with Crippen LogP contribution in [0.2, 0.25) is 0 Å². The lowest BCUT2D eigenvalue weighted by molar-refractivity contribution is -0.145. The lowest BCUT2D eigenvalue weighted by Gasteiger charge is -2.20. The van der Waals surface area contributed by atoms with E-state index < -0.39 is 0 Å². The fourth-order valence-corrected chi connectivity index (χ4v) is 1.66. The number of carbonyl (C=O) groups excluding carboxylic acids is 2. The van der Waals surface area contributed by atoms with Gasteiger partial charge in [0.15, 0.2) is 0 Å². The Kier molecular flexibility index (Phi) is 4.71. The first-order valence-corrected chi connectivity index (χ1v) is 5.64. The van der Waals surface area contributed by atoms with Crippen molar-refractivity contribution in [1.82, 2.24) is 4.90 Å². The van der Waals surface area contributed by atoms with Crippen LogP contribution in [0.3, 0.4) is 0 Å². The molecular formula is C13H18N2O3. The first-order chi connectivity index (χ1) is 8.45. The Morgan fingerprint density at radius 1 is 1.44 bits per heavy atom. The highest BCUT2D eigenvalue weighted by Crippen LogP contribution is 2.10. The van der Waals surface area contributed by atoms with Gasteiger partial charge < -0.3 is 15.4 Å². The van der Waals surface area contributed by atoms with E-state index in [0.717, 1.165) is 0 Å². The molecule has 0 radical (unpaired) electrons. The number of nitrogens with two attached hydrogens (primary N) is 1. The van der Waals surface area contributed by atoms with Crippen LogP contribution in [0.25, 0.3) is 0 Å². The molecule has 98 valence electrons. The number of methoxy groups -OCH3 is 1. The summed E-state index contributed by atoms with van der Waals surface area (Å²) in [6.07, 6.45) is 0. The Morgan fingerprint density at radius 3 is 2.67 bits per heavy atom. The Labute approximate surface area is 107 Å². The van der Waals surface area contributed by atoms with E-state index in [0.29, 0.717) is 17.8 Å². The van der Waals surface area contributed by atoms with Crippen molar-refractivity contribution in [2.75, 3.05) is 26.4 Å². The summed E-state index contributed by atoms with van der Waals surface area (Å²) in [5.41, 5.74) is 6.67. The summed E-state index contributed by atoms with van der Waals surface area (Å²) >= 11 is 0. The van der Waals surface area contributed by atoms with Gasteiger partial charge in [-0.1, -0.05) is 13.0 Å². The minimum absolute atomic E-state index is 0.168. The van der Waals surface area contributed by atoms with Gasteiger partial charge in [0.2, 0.25) is 0 Å². The molecule has 1 amide bonds. The van der Waals surface area contributed by atoms with Crippen molar-refractivity contribution in [2.24, 2.45) is 5.92 Å². The Bertz CT molecular complexity index is 446. The number of hydrogen-bond acceptors (Lipinski definition) is 4. The summed E-state index contributed by atoms with van der Waals surface area (Å²) in [6.45, 7) is 2.02. The number of nitrogens with zero attached hydrogens (tertiary/aromatic N) is 1. The third-order valence-corrected chi connectivity index (χ3v) is 2.63. The molecule has 0 heterocycles. The molecule has 5 nitrogen and oxygen atoms in total. The second-order valence-corrected chi connectivity index (χ2v) is 4.24. The van der Waals surface area contributed by atoms with Crippen molar-refractivity contribution < 1.29 is 14.3 Å². The van der Waals surface area contributed by atoms with E-state index in [1.165, 1.54) is 12.0 Å². The van der Waals surface area contributed by atoms with Crippen molar-refractivity contribution in [3.05, 3.63) is 29.8 Å². The van der Waals surface area contributed by atoms with Gasteiger partial charge in [0.05, 0.1) is 13.0 Å². The summed E-state index contributed by atoms with van der Waals surface area (Å²) in [5.74, 6) is -0.856. The van der Waals surface area contributed by atoms with E-state index in [4.69, 9.17) is 5.73 Å². The van der Waals surface area contributed by atoms with Crippen LogP contribution in [0.4, 0.5) is 5.69 Å². The van der Waals surface area contributed by atoms with E-state index in [9.17, 15) is 9.59 Å². The molecule has 0 aromatic heterocycles. The van der Waals surface area contributed by atoms with Crippen LogP contribution in [0.5, 0.6) is 0 Å². The topological polar surface area (TPSA) is 72.6 Å². The zero-order valence-electron chi connectivity index (χ0n) is 10.8. The molecule has 0 aliphatic rings. The second-order valence-electron chi connectivity index (χ2n) is 4.24. The predicted molar refractivity (Wildman–Crippen MR) is 69.0 cm³/mol. The molecular weight excluding hydrogens is 232 g/mol. The summed E-state index contributed by atoms with van der Waals surface area (Å²) < 4.78 is 4.62. The van der Waals surface area contributed by atoms with Crippen molar-refractivity contribution in [2.45, 2.75) is 6.92 Å². The highest BCUT2D eigenvalue weighted by molar-refractivity contribution is 5.95. The number of hydrogen-bond donors (Lipinski definition) is 1. The monoisotopic (exact) mass is 250 g/mol. The zero-order valence-corrected chi connectivity index (χ0v) is 10.8. The van der Waals surface area contributed by atoms with Crippen LogP contribution in [0.15, 0.2) is 24.3 Å². The van der Waals surface area contributed by atoms with Crippen molar-refractivity contribution in [1.29, 1.82) is 0 Å². The molecule has 0 saturated carbocycles. The first kappa shape index (κ1) is 14.0. The van der Waals surface area contributed by atoms with Crippen LogP contribution in [0.1, 0.15) is 17.3 Å². The minimum atomic E-state index is -0.356. The molecule has 2 N–H and O–H groups in total. The van der Waals surface area contributed by atoms with Crippen LogP contribution in [-0.2, 0) is 9.53 Å². The van der Waals surface area contributed by atoms with Crippen LogP contribution < -0.4 is 5.73 Å². The quantitative estimate of drug-likeness (QED) is 0.642. The predicted octanol–water partition coefficient (Wildman–Crippen LogP) is 1.15. The molecule has 0 aliphatic heterocycles. The van der Waals surface area contributed by atoms with Gasteiger partial charge in [0.1, 0.15) is 0 Å². The van der Waals surface area contributed by atoms with Gasteiger partial charge in [-0.25, -0.2) is 0 Å². The first-order valence-electron chi connectivity index (χ1n) is 5.64. The number of ether oxygens (including phenoxy) is 1. The Balaban J connectivity index is 2.70. The highest BCUT2D eigenvalue weighted by atomic mass is 16.5. The van der Waals surface area contributed by atoms with Crippen molar-refractivity contribution in [3.8, 4) is 0 Å². The molecule has 18 heavy (non-hydrogen) atoms. The molecule has 1 aromatic carbocycles.